The lowest BCUT2D eigenvalue weighted by molar-refractivity contribution is -0.0430. The van der Waals surface area contributed by atoms with E-state index in [1.54, 1.807) is 0 Å². The van der Waals surface area contributed by atoms with E-state index in [1.807, 2.05) is 6.92 Å². The Balaban J connectivity index is 1.60. The molecule has 1 aromatic heterocycles. The zero-order chi connectivity index (χ0) is 13.9. The number of nitrogens with two attached hydrogens (primary N) is 1. The number of aryl methyl sites for hydroxylation is 2. The predicted octanol–water partition coefficient (Wildman–Crippen LogP) is 3.41. The molecule has 0 saturated heterocycles. The van der Waals surface area contributed by atoms with Crippen molar-refractivity contribution < 1.29 is 0 Å². The van der Waals surface area contributed by atoms with Crippen LogP contribution >= 0.6 is 0 Å². The fraction of sp³-hybridized carbons (Fsp3) is 0.824. The lowest BCUT2D eigenvalue weighted by Crippen LogP contribution is -2.46. The summed E-state index contributed by atoms with van der Waals surface area (Å²) in [5, 5.41) is 0. The maximum absolute atomic E-state index is 6.28. The van der Waals surface area contributed by atoms with Crippen LogP contribution in [0.5, 0.6) is 0 Å². The number of hydrogen-bond acceptors (Lipinski definition) is 2. The second-order valence-electron chi connectivity index (χ2n) is 7.56. The summed E-state index contributed by atoms with van der Waals surface area (Å²) in [5.41, 5.74) is 7.30. The summed E-state index contributed by atoms with van der Waals surface area (Å²) in [5.74, 6) is 7.02. The molecule has 3 heteroatoms. The summed E-state index contributed by atoms with van der Waals surface area (Å²) >= 11 is 0. The second-order valence-corrected chi connectivity index (χ2v) is 7.56. The Kier molecular flexibility index (Phi) is 2.87. The van der Waals surface area contributed by atoms with Crippen LogP contribution in [0.4, 0.5) is 5.82 Å². The van der Waals surface area contributed by atoms with Gasteiger partial charge in [0.05, 0.1) is 5.69 Å². The highest BCUT2D eigenvalue weighted by Crippen LogP contribution is 2.57. The average molecular weight is 273 g/mol. The number of hydrogen-bond donors (Lipinski definition) is 1. The van der Waals surface area contributed by atoms with Gasteiger partial charge in [0.2, 0.25) is 0 Å². The molecule has 20 heavy (non-hydrogen) atoms. The van der Waals surface area contributed by atoms with E-state index in [4.69, 9.17) is 5.73 Å². The summed E-state index contributed by atoms with van der Waals surface area (Å²) in [6.07, 6.45) is 8.50. The van der Waals surface area contributed by atoms with Gasteiger partial charge >= 0.3 is 0 Å². The van der Waals surface area contributed by atoms with Crippen LogP contribution in [0.2, 0.25) is 0 Å². The number of nitrogens with zero attached hydrogens (tertiary/aromatic N) is 2. The van der Waals surface area contributed by atoms with Crippen molar-refractivity contribution in [3.8, 4) is 0 Å². The Bertz CT molecular complexity index is 489. The molecular formula is C17H27N3. The van der Waals surface area contributed by atoms with Crippen molar-refractivity contribution in [2.75, 3.05) is 5.73 Å². The average Bonchev–Trinajstić information content (AvgIpc) is 2.69. The topological polar surface area (TPSA) is 43.8 Å². The van der Waals surface area contributed by atoms with Crippen LogP contribution in [0.3, 0.4) is 0 Å². The summed E-state index contributed by atoms with van der Waals surface area (Å²) < 4.78 is 2.34. The first-order chi connectivity index (χ1) is 9.65. The number of rotatable bonds is 3. The van der Waals surface area contributed by atoms with Gasteiger partial charge in [0.15, 0.2) is 0 Å². The van der Waals surface area contributed by atoms with Gasteiger partial charge < -0.3 is 10.3 Å². The van der Waals surface area contributed by atoms with E-state index >= 15 is 0 Å². The van der Waals surface area contributed by atoms with Crippen molar-refractivity contribution >= 4 is 5.82 Å². The van der Waals surface area contributed by atoms with Crippen molar-refractivity contribution in [3.63, 3.8) is 0 Å². The zero-order valence-corrected chi connectivity index (χ0v) is 12.8. The third-order valence-electron chi connectivity index (χ3n) is 6.40. The van der Waals surface area contributed by atoms with Gasteiger partial charge in [-0.3, -0.25) is 0 Å². The lowest BCUT2D eigenvalue weighted by Gasteiger charge is -2.54. The fourth-order valence-corrected chi connectivity index (χ4v) is 5.67. The van der Waals surface area contributed by atoms with Gasteiger partial charge in [0, 0.05) is 13.0 Å². The molecule has 0 amide bonds. The van der Waals surface area contributed by atoms with Crippen LogP contribution in [-0.4, -0.2) is 9.55 Å². The van der Waals surface area contributed by atoms with E-state index in [0.717, 1.165) is 54.1 Å². The SMILES string of the molecule is CCc1nc(C)c(N)n1CC1C2CC3CC(C2)CC1C3. The first-order valence-electron chi connectivity index (χ1n) is 8.47. The molecule has 2 N–H and O–H groups in total. The van der Waals surface area contributed by atoms with E-state index in [0.29, 0.717) is 0 Å². The van der Waals surface area contributed by atoms with Crippen LogP contribution < -0.4 is 5.73 Å². The van der Waals surface area contributed by atoms with Crippen molar-refractivity contribution in [1.82, 2.24) is 9.55 Å². The van der Waals surface area contributed by atoms with Crippen molar-refractivity contribution in [2.24, 2.45) is 29.6 Å². The van der Waals surface area contributed by atoms with Crippen LogP contribution in [0.25, 0.3) is 0 Å². The van der Waals surface area contributed by atoms with Crippen molar-refractivity contribution in [3.05, 3.63) is 11.5 Å². The largest absolute Gasteiger partial charge is 0.384 e. The third-order valence-corrected chi connectivity index (χ3v) is 6.40. The smallest absolute Gasteiger partial charge is 0.126 e. The van der Waals surface area contributed by atoms with E-state index in [9.17, 15) is 0 Å². The van der Waals surface area contributed by atoms with Crippen molar-refractivity contribution in [2.45, 2.75) is 58.9 Å². The molecule has 0 radical (unpaired) electrons. The summed E-state index contributed by atoms with van der Waals surface area (Å²) in [6, 6.07) is 0. The van der Waals surface area contributed by atoms with Gasteiger partial charge in [-0.2, -0.15) is 0 Å². The quantitative estimate of drug-likeness (QED) is 0.917. The molecule has 0 aliphatic heterocycles. The highest BCUT2D eigenvalue weighted by atomic mass is 15.1. The summed E-state index contributed by atoms with van der Waals surface area (Å²) in [7, 11) is 0. The minimum atomic E-state index is 0.865. The molecule has 4 bridgehead atoms. The Hall–Kier alpha value is -0.990. The van der Waals surface area contributed by atoms with Crippen molar-refractivity contribution in [1.29, 1.82) is 0 Å². The summed E-state index contributed by atoms with van der Waals surface area (Å²) in [6.45, 7) is 5.36. The number of imidazole rings is 1. The number of nitrogen functional groups attached to an aromatic ring is 1. The molecule has 4 aliphatic carbocycles. The van der Waals surface area contributed by atoms with Crippen LogP contribution in [0, 0.1) is 36.5 Å². The molecule has 1 heterocycles. The second kappa shape index (κ2) is 4.51. The number of aromatic nitrogens is 2. The minimum Gasteiger partial charge on any atom is -0.384 e. The van der Waals surface area contributed by atoms with Gasteiger partial charge in [-0.15, -0.1) is 0 Å². The fourth-order valence-electron chi connectivity index (χ4n) is 5.67. The standard InChI is InChI=1S/C17H27N3/c1-3-16-19-10(2)17(18)20(16)9-15-13-5-11-4-12(7-13)8-14(15)6-11/h11-15H,3-9,18H2,1-2H3. The molecule has 4 fully saturated rings. The van der Waals surface area contributed by atoms with Gasteiger partial charge in [-0.25, -0.2) is 4.98 Å². The maximum atomic E-state index is 6.28. The lowest BCUT2D eigenvalue weighted by atomic mass is 9.52. The molecular weight excluding hydrogens is 246 g/mol. The van der Waals surface area contributed by atoms with E-state index < -0.39 is 0 Å². The first-order valence-corrected chi connectivity index (χ1v) is 8.47. The minimum absolute atomic E-state index is 0.865. The van der Waals surface area contributed by atoms with Crippen LogP contribution in [0.15, 0.2) is 0 Å². The van der Waals surface area contributed by atoms with Crippen LogP contribution in [-0.2, 0) is 13.0 Å². The molecule has 4 saturated carbocycles. The van der Waals surface area contributed by atoms with Gasteiger partial charge in [-0.1, -0.05) is 6.92 Å². The van der Waals surface area contributed by atoms with Crippen LogP contribution in [0.1, 0.15) is 50.5 Å². The molecule has 110 valence electrons. The Labute approximate surface area is 122 Å². The molecule has 5 rings (SSSR count). The monoisotopic (exact) mass is 273 g/mol. The first kappa shape index (κ1) is 12.7. The Morgan fingerprint density at radius 1 is 1.10 bits per heavy atom. The highest BCUT2D eigenvalue weighted by molar-refractivity contribution is 5.37. The molecule has 3 nitrogen and oxygen atoms in total. The molecule has 0 unspecified atom stereocenters. The predicted molar refractivity (Wildman–Crippen MR) is 81.3 cm³/mol. The normalized spacial score (nSPS) is 38.6. The zero-order valence-electron chi connectivity index (χ0n) is 12.8. The number of anilines is 1. The van der Waals surface area contributed by atoms with Gasteiger partial charge in [-0.05, 0) is 68.6 Å². The highest BCUT2D eigenvalue weighted by Gasteiger charge is 2.48. The van der Waals surface area contributed by atoms with E-state index in [1.165, 1.54) is 37.9 Å². The molecule has 1 aromatic rings. The third kappa shape index (κ3) is 1.82. The van der Waals surface area contributed by atoms with E-state index in [2.05, 4.69) is 16.5 Å². The molecule has 0 aromatic carbocycles. The maximum Gasteiger partial charge on any atom is 0.126 e. The van der Waals surface area contributed by atoms with E-state index in [-0.39, 0.29) is 0 Å². The Morgan fingerprint density at radius 2 is 1.70 bits per heavy atom. The van der Waals surface area contributed by atoms with Gasteiger partial charge in [0.25, 0.3) is 0 Å². The molecule has 0 atom stereocenters. The summed E-state index contributed by atoms with van der Waals surface area (Å²) in [4.78, 5) is 4.65. The Morgan fingerprint density at radius 3 is 2.25 bits per heavy atom. The molecule has 4 aliphatic rings. The molecule has 0 spiro atoms. The van der Waals surface area contributed by atoms with Gasteiger partial charge in [0.1, 0.15) is 11.6 Å².